The summed E-state index contributed by atoms with van der Waals surface area (Å²) in [5.41, 5.74) is 0.575. The van der Waals surface area contributed by atoms with Crippen molar-refractivity contribution in [3.8, 4) is 17.2 Å². The van der Waals surface area contributed by atoms with Gasteiger partial charge >= 0.3 is 11.9 Å². The Morgan fingerprint density at radius 2 is 1.31 bits per heavy atom. The Labute approximate surface area is 187 Å². The number of ether oxygens (including phenoxy) is 3. The fourth-order valence-electron chi connectivity index (χ4n) is 4.12. The van der Waals surface area contributed by atoms with Crippen LogP contribution in [-0.2, 0) is 9.59 Å². The van der Waals surface area contributed by atoms with Gasteiger partial charge in [-0.25, -0.2) is 9.59 Å². The summed E-state index contributed by atoms with van der Waals surface area (Å²) in [6, 6.07) is 4.18. The average molecular weight is 453 g/mol. The molecule has 2 aliphatic rings. The molecule has 178 valence electrons. The second kappa shape index (κ2) is 12.1. The number of piperazine rings is 1. The van der Waals surface area contributed by atoms with Gasteiger partial charge in [-0.2, -0.15) is 0 Å². The van der Waals surface area contributed by atoms with Crippen molar-refractivity contribution < 1.29 is 38.8 Å². The molecule has 10 heteroatoms. The van der Waals surface area contributed by atoms with Crippen molar-refractivity contribution in [1.82, 2.24) is 9.80 Å². The fraction of sp³-hybridized carbons (Fsp3) is 0.591. The third kappa shape index (κ3) is 6.49. The van der Waals surface area contributed by atoms with Gasteiger partial charge in [0.05, 0.1) is 21.3 Å². The molecule has 0 atom stereocenters. The van der Waals surface area contributed by atoms with E-state index in [-0.39, 0.29) is 5.91 Å². The normalized spacial score (nSPS) is 17.0. The molecule has 1 saturated carbocycles. The summed E-state index contributed by atoms with van der Waals surface area (Å²) < 4.78 is 16.1. The first-order chi connectivity index (χ1) is 15.3. The largest absolute Gasteiger partial charge is 0.493 e. The number of hydrogen-bond acceptors (Lipinski definition) is 7. The highest BCUT2D eigenvalue weighted by atomic mass is 16.5. The molecule has 1 aromatic rings. The van der Waals surface area contributed by atoms with Gasteiger partial charge < -0.3 is 29.3 Å². The molecular weight excluding hydrogens is 420 g/mol. The predicted octanol–water partition coefficient (Wildman–Crippen LogP) is 1.96. The maximum Gasteiger partial charge on any atom is 0.414 e. The van der Waals surface area contributed by atoms with Crippen molar-refractivity contribution in [2.75, 3.05) is 47.5 Å². The number of carboxylic acids is 2. The molecule has 1 amide bonds. The number of amides is 1. The molecule has 0 bridgehead atoms. The lowest BCUT2D eigenvalue weighted by Crippen LogP contribution is -2.52. The van der Waals surface area contributed by atoms with Gasteiger partial charge in [0.1, 0.15) is 0 Å². The van der Waals surface area contributed by atoms with Crippen LogP contribution in [0.5, 0.6) is 17.2 Å². The number of benzene rings is 1. The van der Waals surface area contributed by atoms with E-state index in [1.165, 1.54) is 32.1 Å². The molecule has 1 saturated heterocycles. The lowest BCUT2D eigenvalue weighted by atomic mass is 9.94. The molecule has 0 radical (unpaired) electrons. The van der Waals surface area contributed by atoms with Gasteiger partial charge in [-0.05, 0) is 25.0 Å². The molecule has 2 fully saturated rings. The van der Waals surface area contributed by atoms with E-state index in [9.17, 15) is 4.79 Å². The summed E-state index contributed by atoms with van der Waals surface area (Å²) in [5.74, 6) is -2.10. The Hall–Kier alpha value is -3.01. The van der Waals surface area contributed by atoms with E-state index in [4.69, 9.17) is 34.0 Å². The SMILES string of the molecule is COc1cc(C(=O)N2CCN(C3CCCCC3)CC2)cc(OC)c1OC.O=C(O)C(=O)O. The van der Waals surface area contributed by atoms with E-state index < -0.39 is 11.9 Å². The second-order valence-corrected chi connectivity index (χ2v) is 7.64. The van der Waals surface area contributed by atoms with E-state index in [2.05, 4.69) is 4.90 Å². The van der Waals surface area contributed by atoms with Gasteiger partial charge in [-0.15, -0.1) is 0 Å². The van der Waals surface area contributed by atoms with E-state index in [0.717, 1.165) is 26.2 Å². The molecule has 1 aromatic carbocycles. The average Bonchev–Trinajstić information content (AvgIpc) is 2.83. The number of carboxylic acid groups (broad SMARTS) is 2. The van der Waals surface area contributed by atoms with Gasteiger partial charge in [0.25, 0.3) is 5.91 Å². The number of carbonyl (C=O) groups excluding carboxylic acids is 1. The van der Waals surface area contributed by atoms with Crippen LogP contribution in [0.15, 0.2) is 12.1 Å². The van der Waals surface area contributed by atoms with Crippen LogP contribution in [0.1, 0.15) is 42.5 Å². The van der Waals surface area contributed by atoms with Crippen LogP contribution in [0.4, 0.5) is 0 Å². The summed E-state index contributed by atoms with van der Waals surface area (Å²) in [4.78, 5) is 35.7. The van der Waals surface area contributed by atoms with E-state index in [1.54, 1.807) is 33.5 Å². The Kier molecular flexibility index (Phi) is 9.58. The third-order valence-electron chi connectivity index (χ3n) is 5.79. The van der Waals surface area contributed by atoms with Gasteiger partial charge in [0, 0.05) is 37.8 Å². The minimum Gasteiger partial charge on any atom is -0.493 e. The lowest BCUT2D eigenvalue weighted by molar-refractivity contribution is -0.159. The van der Waals surface area contributed by atoms with Crippen molar-refractivity contribution in [3.05, 3.63) is 17.7 Å². The first kappa shape index (κ1) is 25.3. The first-order valence-corrected chi connectivity index (χ1v) is 10.6. The monoisotopic (exact) mass is 452 g/mol. The van der Waals surface area contributed by atoms with Crippen molar-refractivity contribution in [3.63, 3.8) is 0 Å². The summed E-state index contributed by atoms with van der Waals surface area (Å²) in [5, 5.41) is 14.8. The number of hydrogen-bond donors (Lipinski definition) is 2. The van der Waals surface area contributed by atoms with Gasteiger partial charge in [0.15, 0.2) is 11.5 Å². The zero-order valence-electron chi connectivity index (χ0n) is 18.8. The zero-order chi connectivity index (χ0) is 23.7. The number of rotatable bonds is 5. The fourth-order valence-corrected chi connectivity index (χ4v) is 4.12. The first-order valence-electron chi connectivity index (χ1n) is 10.6. The van der Waals surface area contributed by atoms with Crippen LogP contribution >= 0.6 is 0 Å². The zero-order valence-corrected chi connectivity index (χ0v) is 18.8. The Morgan fingerprint density at radius 3 is 1.72 bits per heavy atom. The van der Waals surface area contributed by atoms with Crippen LogP contribution in [0, 0.1) is 0 Å². The number of aliphatic carboxylic acids is 2. The van der Waals surface area contributed by atoms with Crippen molar-refractivity contribution in [2.24, 2.45) is 0 Å². The quantitative estimate of drug-likeness (QED) is 0.645. The molecule has 10 nitrogen and oxygen atoms in total. The van der Waals surface area contributed by atoms with Gasteiger partial charge in [-0.1, -0.05) is 19.3 Å². The van der Waals surface area contributed by atoms with Gasteiger partial charge in [-0.3, -0.25) is 9.69 Å². The summed E-state index contributed by atoms with van der Waals surface area (Å²) in [6.45, 7) is 3.46. The van der Waals surface area contributed by atoms with Crippen LogP contribution in [0.3, 0.4) is 0 Å². The molecule has 0 spiro atoms. The Balaban J connectivity index is 0.000000534. The summed E-state index contributed by atoms with van der Waals surface area (Å²) >= 11 is 0. The molecular formula is C22H32N2O8. The second-order valence-electron chi connectivity index (χ2n) is 7.64. The number of carbonyl (C=O) groups is 3. The Bertz CT molecular complexity index is 762. The third-order valence-corrected chi connectivity index (χ3v) is 5.79. The minimum atomic E-state index is -1.82. The van der Waals surface area contributed by atoms with E-state index in [0.29, 0.717) is 28.9 Å². The van der Waals surface area contributed by atoms with Gasteiger partial charge in [0.2, 0.25) is 5.75 Å². The smallest absolute Gasteiger partial charge is 0.414 e. The van der Waals surface area contributed by atoms with Crippen molar-refractivity contribution >= 4 is 17.8 Å². The minimum absolute atomic E-state index is 0.0209. The van der Waals surface area contributed by atoms with Crippen LogP contribution in [0.25, 0.3) is 0 Å². The van der Waals surface area contributed by atoms with Crippen LogP contribution in [-0.4, -0.2) is 91.4 Å². The highest BCUT2D eigenvalue weighted by molar-refractivity contribution is 6.27. The number of methoxy groups -OCH3 is 3. The lowest BCUT2D eigenvalue weighted by Gasteiger charge is -2.40. The maximum absolute atomic E-state index is 13.0. The molecule has 1 aliphatic carbocycles. The van der Waals surface area contributed by atoms with E-state index in [1.807, 2.05) is 4.90 Å². The molecule has 32 heavy (non-hydrogen) atoms. The molecule has 3 rings (SSSR count). The summed E-state index contributed by atoms with van der Waals surface area (Å²) in [7, 11) is 4.69. The molecule has 0 unspecified atom stereocenters. The van der Waals surface area contributed by atoms with Crippen molar-refractivity contribution in [1.29, 1.82) is 0 Å². The topological polar surface area (TPSA) is 126 Å². The summed E-state index contributed by atoms with van der Waals surface area (Å²) in [6.07, 6.45) is 6.67. The highest BCUT2D eigenvalue weighted by Gasteiger charge is 2.28. The molecule has 1 heterocycles. The Morgan fingerprint density at radius 1 is 0.812 bits per heavy atom. The molecule has 1 aliphatic heterocycles. The van der Waals surface area contributed by atoms with Crippen LogP contribution < -0.4 is 14.2 Å². The molecule has 0 aromatic heterocycles. The van der Waals surface area contributed by atoms with Crippen LogP contribution in [0.2, 0.25) is 0 Å². The van der Waals surface area contributed by atoms with E-state index >= 15 is 0 Å². The maximum atomic E-state index is 13.0. The van der Waals surface area contributed by atoms with Crippen molar-refractivity contribution in [2.45, 2.75) is 38.1 Å². The molecule has 2 N–H and O–H groups in total. The highest BCUT2D eigenvalue weighted by Crippen LogP contribution is 2.38. The number of nitrogens with zero attached hydrogens (tertiary/aromatic N) is 2. The standard InChI is InChI=1S/C20H30N2O4.C2H2O4/c1-24-17-13-15(14-18(25-2)19(17)26-3)20(23)22-11-9-21(10-12-22)16-7-5-4-6-8-16;3-1(4)2(5)6/h13-14,16H,4-12H2,1-3H3;(H,3,4)(H,5,6). The predicted molar refractivity (Wildman–Crippen MR) is 116 cm³/mol.